The molecule has 0 saturated carbocycles. The van der Waals surface area contributed by atoms with Crippen molar-refractivity contribution in [2.24, 2.45) is 0 Å². The van der Waals surface area contributed by atoms with Crippen molar-refractivity contribution < 1.29 is 9.90 Å². The van der Waals surface area contributed by atoms with E-state index in [1.54, 1.807) is 11.1 Å². The molecule has 0 aliphatic carbocycles. The van der Waals surface area contributed by atoms with Gasteiger partial charge in [0.2, 0.25) is 5.91 Å². The van der Waals surface area contributed by atoms with E-state index in [0.717, 1.165) is 11.3 Å². The lowest BCUT2D eigenvalue weighted by molar-refractivity contribution is -0.129. The molecule has 86 valence electrons. The van der Waals surface area contributed by atoms with Gasteiger partial charge in [-0.3, -0.25) is 9.78 Å². The Labute approximate surface area is 94.9 Å². The van der Waals surface area contributed by atoms with E-state index >= 15 is 0 Å². The number of β-amino-alcohol motifs (C(OH)–C–C–N with tert-alkyl or cyclic N) is 1. The highest BCUT2D eigenvalue weighted by Crippen LogP contribution is 2.12. The summed E-state index contributed by atoms with van der Waals surface area (Å²) in [5.41, 5.74) is 1.87. The lowest BCUT2D eigenvalue weighted by Gasteiger charge is -2.15. The van der Waals surface area contributed by atoms with Gasteiger partial charge < -0.3 is 10.0 Å². The van der Waals surface area contributed by atoms with Crippen LogP contribution in [0.25, 0.3) is 0 Å². The molecule has 16 heavy (non-hydrogen) atoms. The van der Waals surface area contributed by atoms with Gasteiger partial charge in [0, 0.05) is 25.0 Å². The summed E-state index contributed by atoms with van der Waals surface area (Å²) in [6.07, 6.45) is 2.45. The van der Waals surface area contributed by atoms with Gasteiger partial charge in [-0.15, -0.1) is 0 Å². The van der Waals surface area contributed by atoms with Crippen LogP contribution in [0.2, 0.25) is 0 Å². The van der Waals surface area contributed by atoms with Crippen molar-refractivity contribution in [3.63, 3.8) is 0 Å². The molecule has 1 aromatic rings. The Hall–Kier alpha value is -1.42. The van der Waals surface area contributed by atoms with Crippen molar-refractivity contribution in [1.29, 1.82) is 0 Å². The van der Waals surface area contributed by atoms with Gasteiger partial charge in [0.05, 0.1) is 12.5 Å². The first-order chi connectivity index (χ1) is 7.66. The summed E-state index contributed by atoms with van der Waals surface area (Å²) in [7, 11) is 0. The number of nitrogens with zero attached hydrogens (tertiary/aromatic N) is 2. The molecular formula is C12H16N2O2. The molecule has 1 fully saturated rings. The van der Waals surface area contributed by atoms with Crippen LogP contribution in [0.5, 0.6) is 0 Å². The Morgan fingerprint density at radius 2 is 2.50 bits per heavy atom. The smallest absolute Gasteiger partial charge is 0.227 e. The van der Waals surface area contributed by atoms with Gasteiger partial charge in [0.1, 0.15) is 0 Å². The van der Waals surface area contributed by atoms with Crippen LogP contribution in [-0.4, -0.2) is 40.1 Å². The largest absolute Gasteiger partial charge is 0.391 e. The van der Waals surface area contributed by atoms with Crippen LogP contribution >= 0.6 is 0 Å². The molecule has 2 heterocycles. The van der Waals surface area contributed by atoms with E-state index in [2.05, 4.69) is 4.98 Å². The van der Waals surface area contributed by atoms with E-state index in [1.807, 2.05) is 19.1 Å². The summed E-state index contributed by atoms with van der Waals surface area (Å²) in [6, 6.07) is 3.77. The maximum atomic E-state index is 11.9. The van der Waals surface area contributed by atoms with Gasteiger partial charge in [-0.1, -0.05) is 6.07 Å². The first-order valence-corrected chi connectivity index (χ1v) is 5.53. The Kier molecular flexibility index (Phi) is 3.19. The number of aryl methyl sites for hydroxylation is 1. The highest BCUT2D eigenvalue weighted by Gasteiger charge is 2.24. The highest BCUT2D eigenvalue weighted by molar-refractivity contribution is 5.79. The van der Waals surface area contributed by atoms with Gasteiger partial charge in [-0.05, 0) is 25.0 Å². The molecule has 0 bridgehead atoms. The molecular weight excluding hydrogens is 204 g/mol. The molecule has 1 amide bonds. The highest BCUT2D eigenvalue weighted by atomic mass is 16.3. The lowest BCUT2D eigenvalue weighted by atomic mass is 10.1. The number of aromatic nitrogens is 1. The van der Waals surface area contributed by atoms with Crippen LogP contribution in [0.3, 0.4) is 0 Å². The number of aliphatic hydroxyl groups is 1. The van der Waals surface area contributed by atoms with Gasteiger partial charge in [-0.2, -0.15) is 0 Å². The van der Waals surface area contributed by atoms with Crippen molar-refractivity contribution in [1.82, 2.24) is 9.88 Å². The van der Waals surface area contributed by atoms with Crippen molar-refractivity contribution >= 4 is 5.91 Å². The van der Waals surface area contributed by atoms with Gasteiger partial charge in [0.15, 0.2) is 0 Å². The number of pyridine rings is 1. The van der Waals surface area contributed by atoms with E-state index in [9.17, 15) is 9.90 Å². The zero-order valence-electron chi connectivity index (χ0n) is 9.39. The second-order valence-corrected chi connectivity index (χ2v) is 4.21. The average molecular weight is 220 g/mol. The zero-order chi connectivity index (χ0) is 11.5. The molecule has 1 aromatic heterocycles. The van der Waals surface area contributed by atoms with Gasteiger partial charge >= 0.3 is 0 Å². The molecule has 1 N–H and O–H groups in total. The molecule has 1 aliphatic rings. The van der Waals surface area contributed by atoms with Crippen molar-refractivity contribution in [2.75, 3.05) is 13.1 Å². The molecule has 4 heteroatoms. The topological polar surface area (TPSA) is 53.4 Å². The Bertz CT molecular complexity index is 392. The lowest BCUT2D eigenvalue weighted by Crippen LogP contribution is -2.31. The predicted octanol–water partition coefficient (Wildman–Crippen LogP) is 0.526. The van der Waals surface area contributed by atoms with Gasteiger partial charge in [-0.25, -0.2) is 0 Å². The SMILES string of the molecule is Cc1ncccc1CC(=O)N1CCC(O)C1. The Morgan fingerprint density at radius 1 is 1.69 bits per heavy atom. The summed E-state index contributed by atoms with van der Waals surface area (Å²) in [5.74, 6) is 0.0765. The first kappa shape index (κ1) is 11.1. The number of hydrogen-bond donors (Lipinski definition) is 1. The molecule has 4 nitrogen and oxygen atoms in total. The minimum Gasteiger partial charge on any atom is -0.391 e. The number of amides is 1. The normalized spacial score (nSPS) is 20.1. The summed E-state index contributed by atoms with van der Waals surface area (Å²) in [4.78, 5) is 17.8. The number of aliphatic hydroxyl groups excluding tert-OH is 1. The van der Waals surface area contributed by atoms with Crippen molar-refractivity contribution in [3.8, 4) is 0 Å². The first-order valence-electron chi connectivity index (χ1n) is 5.53. The number of carbonyl (C=O) groups excluding carboxylic acids is 1. The average Bonchev–Trinajstić information content (AvgIpc) is 2.68. The quantitative estimate of drug-likeness (QED) is 0.790. The minimum atomic E-state index is -0.348. The molecule has 0 spiro atoms. The van der Waals surface area contributed by atoms with Crippen LogP contribution in [-0.2, 0) is 11.2 Å². The van der Waals surface area contributed by atoms with Crippen LogP contribution < -0.4 is 0 Å². The Balaban J connectivity index is 2.00. The van der Waals surface area contributed by atoms with Crippen molar-refractivity contribution in [2.45, 2.75) is 25.9 Å². The summed E-state index contributed by atoms with van der Waals surface area (Å²) >= 11 is 0. The standard InChI is InChI=1S/C12H16N2O2/c1-9-10(3-2-5-13-9)7-12(16)14-6-4-11(15)8-14/h2-3,5,11,15H,4,6-8H2,1H3. The third-order valence-electron chi connectivity index (χ3n) is 2.97. The molecule has 1 aliphatic heterocycles. The monoisotopic (exact) mass is 220 g/mol. The number of likely N-dealkylation sites (tertiary alicyclic amines) is 1. The van der Waals surface area contributed by atoms with Crippen LogP contribution in [0.1, 0.15) is 17.7 Å². The minimum absolute atomic E-state index is 0.0765. The van der Waals surface area contributed by atoms with Crippen molar-refractivity contribution in [3.05, 3.63) is 29.6 Å². The van der Waals surface area contributed by atoms with E-state index < -0.39 is 0 Å². The summed E-state index contributed by atoms with van der Waals surface area (Å²) in [6.45, 7) is 3.04. The van der Waals surface area contributed by atoms with Crippen LogP contribution in [0, 0.1) is 6.92 Å². The number of carbonyl (C=O) groups is 1. The third-order valence-corrected chi connectivity index (χ3v) is 2.97. The molecule has 0 radical (unpaired) electrons. The second-order valence-electron chi connectivity index (χ2n) is 4.21. The fraction of sp³-hybridized carbons (Fsp3) is 0.500. The molecule has 2 rings (SSSR count). The molecule has 1 unspecified atom stereocenters. The predicted molar refractivity (Wildman–Crippen MR) is 59.9 cm³/mol. The fourth-order valence-corrected chi connectivity index (χ4v) is 1.95. The maximum Gasteiger partial charge on any atom is 0.227 e. The number of rotatable bonds is 2. The second kappa shape index (κ2) is 4.61. The zero-order valence-corrected chi connectivity index (χ0v) is 9.39. The summed E-state index contributed by atoms with van der Waals surface area (Å²) < 4.78 is 0. The molecule has 1 atom stereocenters. The molecule has 1 saturated heterocycles. The summed E-state index contributed by atoms with van der Waals surface area (Å²) in [5, 5.41) is 9.36. The molecule has 0 aromatic carbocycles. The van der Waals surface area contributed by atoms with E-state index in [4.69, 9.17) is 0 Å². The van der Waals surface area contributed by atoms with E-state index in [-0.39, 0.29) is 12.0 Å². The maximum absolute atomic E-state index is 11.9. The fourth-order valence-electron chi connectivity index (χ4n) is 1.95. The third kappa shape index (κ3) is 2.39. The van der Waals surface area contributed by atoms with E-state index in [0.29, 0.717) is 25.9 Å². The van der Waals surface area contributed by atoms with E-state index in [1.165, 1.54) is 0 Å². The van der Waals surface area contributed by atoms with Crippen LogP contribution in [0.4, 0.5) is 0 Å². The van der Waals surface area contributed by atoms with Crippen LogP contribution in [0.15, 0.2) is 18.3 Å². The number of hydrogen-bond acceptors (Lipinski definition) is 3. The Morgan fingerprint density at radius 3 is 3.12 bits per heavy atom. The van der Waals surface area contributed by atoms with Gasteiger partial charge in [0.25, 0.3) is 0 Å².